The summed E-state index contributed by atoms with van der Waals surface area (Å²) < 4.78 is 1.76. The van der Waals surface area contributed by atoms with Crippen LogP contribution >= 0.6 is 11.3 Å². The van der Waals surface area contributed by atoms with E-state index in [-0.39, 0.29) is 5.91 Å². The zero-order valence-corrected chi connectivity index (χ0v) is 15.5. The van der Waals surface area contributed by atoms with Crippen LogP contribution in [0.25, 0.3) is 11.9 Å². The lowest BCUT2D eigenvalue weighted by atomic mass is 10.4. The first-order valence-electron chi connectivity index (χ1n) is 8.22. The summed E-state index contributed by atoms with van der Waals surface area (Å²) in [7, 11) is 0. The first-order chi connectivity index (χ1) is 12.6. The lowest BCUT2D eigenvalue weighted by Crippen LogP contribution is -2.27. The number of amides is 1. The van der Waals surface area contributed by atoms with Gasteiger partial charge < -0.3 is 10.6 Å². The van der Waals surface area contributed by atoms with Crippen molar-refractivity contribution >= 4 is 29.1 Å². The van der Waals surface area contributed by atoms with Crippen LogP contribution in [-0.2, 0) is 4.79 Å². The molecule has 0 fully saturated rings. The molecule has 7 nitrogen and oxygen atoms in total. The predicted molar refractivity (Wildman–Crippen MR) is 103 cm³/mol. The smallest absolute Gasteiger partial charge is 0.244 e. The Morgan fingerprint density at radius 1 is 1.23 bits per heavy atom. The van der Waals surface area contributed by atoms with Crippen LogP contribution in [0, 0.1) is 13.8 Å². The van der Waals surface area contributed by atoms with Crippen LogP contribution in [0.4, 0.5) is 5.82 Å². The van der Waals surface area contributed by atoms with Gasteiger partial charge in [-0.2, -0.15) is 5.10 Å². The van der Waals surface area contributed by atoms with E-state index in [1.54, 1.807) is 22.1 Å². The van der Waals surface area contributed by atoms with Gasteiger partial charge in [-0.05, 0) is 49.6 Å². The third-order valence-corrected chi connectivity index (χ3v) is 4.39. The Balaban J connectivity index is 1.44. The van der Waals surface area contributed by atoms with Gasteiger partial charge in [0.1, 0.15) is 5.82 Å². The van der Waals surface area contributed by atoms with Crippen LogP contribution in [0.3, 0.4) is 0 Å². The highest BCUT2D eigenvalue weighted by molar-refractivity contribution is 7.10. The summed E-state index contributed by atoms with van der Waals surface area (Å²) in [5, 5.41) is 20.6. The summed E-state index contributed by atoms with van der Waals surface area (Å²) in [6, 6.07) is 9.61. The van der Waals surface area contributed by atoms with Crippen molar-refractivity contribution in [1.82, 2.24) is 25.3 Å². The summed E-state index contributed by atoms with van der Waals surface area (Å²) in [6.07, 6.45) is 3.34. The van der Waals surface area contributed by atoms with E-state index in [1.165, 1.54) is 6.08 Å². The minimum absolute atomic E-state index is 0.119. The van der Waals surface area contributed by atoms with Crippen molar-refractivity contribution in [2.75, 3.05) is 18.4 Å². The average molecular weight is 368 g/mol. The van der Waals surface area contributed by atoms with E-state index in [9.17, 15) is 4.79 Å². The Kier molecular flexibility index (Phi) is 5.75. The van der Waals surface area contributed by atoms with Crippen molar-refractivity contribution in [3.8, 4) is 5.82 Å². The van der Waals surface area contributed by atoms with Crippen molar-refractivity contribution in [2.24, 2.45) is 0 Å². The average Bonchev–Trinajstić information content (AvgIpc) is 3.27. The van der Waals surface area contributed by atoms with Gasteiger partial charge in [-0.25, -0.2) is 4.68 Å². The van der Waals surface area contributed by atoms with Gasteiger partial charge in [0.05, 0.1) is 5.69 Å². The van der Waals surface area contributed by atoms with E-state index in [2.05, 4.69) is 25.9 Å². The number of nitrogens with one attached hydrogen (secondary N) is 2. The molecule has 0 atom stereocenters. The molecule has 0 bridgehead atoms. The Hall–Kier alpha value is -3.00. The van der Waals surface area contributed by atoms with E-state index in [0.717, 1.165) is 16.3 Å². The SMILES string of the molecule is Cc1cc(C)n(-c2ccc(NCCNC(=O)/C=C/c3cccs3)nn2)n1. The number of aromatic nitrogens is 4. The second-order valence-electron chi connectivity index (χ2n) is 5.68. The molecule has 0 aliphatic heterocycles. The van der Waals surface area contributed by atoms with Gasteiger partial charge in [-0.1, -0.05) is 6.07 Å². The monoisotopic (exact) mass is 368 g/mol. The molecule has 0 aliphatic carbocycles. The van der Waals surface area contributed by atoms with Gasteiger partial charge in [0, 0.05) is 29.7 Å². The Morgan fingerprint density at radius 2 is 2.12 bits per heavy atom. The van der Waals surface area contributed by atoms with Crippen molar-refractivity contribution in [3.05, 3.63) is 58.1 Å². The Bertz CT molecular complexity index is 883. The molecule has 134 valence electrons. The number of carbonyl (C=O) groups is 1. The quantitative estimate of drug-likeness (QED) is 0.495. The minimum atomic E-state index is -0.119. The molecule has 3 rings (SSSR count). The number of anilines is 1. The molecule has 8 heteroatoms. The van der Waals surface area contributed by atoms with Crippen LogP contribution in [0.5, 0.6) is 0 Å². The van der Waals surface area contributed by atoms with E-state index < -0.39 is 0 Å². The third-order valence-electron chi connectivity index (χ3n) is 3.55. The van der Waals surface area contributed by atoms with E-state index in [1.807, 2.05) is 49.6 Å². The highest BCUT2D eigenvalue weighted by Crippen LogP contribution is 2.11. The minimum Gasteiger partial charge on any atom is -0.367 e. The Labute approximate surface area is 155 Å². The summed E-state index contributed by atoms with van der Waals surface area (Å²) in [4.78, 5) is 12.8. The molecular weight excluding hydrogens is 348 g/mol. The molecule has 0 radical (unpaired) electrons. The second-order valence-corrected chi connectivity index (χ2v) is 6.66. The van der Waals surface area contributed by atoms with Gasteiger partial charge >= 0.3 is 0 Å². The number of carbonyl (C=O) groups excluding carboxylic acids is 1. The van der Waals surface area contributed by atoms with Gasteiger partial charge in [-0.3, -0.25) is 4.79 Å². The maximum absolute atomic E-state index is 11.7. The summed E-state index contributed by atoms with van der Waals surface area (Å²) in [6.45, 7) is 4.97. The number of nitrogens with zero attached hydrogens (tertiary/aromatic N) is 4. The van der Waals surface area contributed by atoms with Gasteiger partial charge in [-0.15, -0.1) is 21.5 Å². The molecule has 0 saturated carbocycles. The Morgan fingerprint density at radius 3 is 2.77 bits per heavy atom. The topological polar surface area (TPSA) is 84.7 Å². The first-order valence-corrected chi connectivity index (χ1v) is 9.10. The maximum atomic E-state index is 11.7. The molecule has 3 aromatic heterocycles. The van der Waals surface area contributed by atoms with Gasteiger partial charge in [0.25, 0.3) is 0 Å². The fourth-order valence-electron chi connectivity index (χ4n) is 2.37. The predicted octanol–water partition coefficient (Wildman–Crippen LogP) is 2.58. The first kappa shape index (κ1) is 17.8. The van der Waals surface area contributed by atoms with E-state index in [4.69, 9.17) is 0 Å². The number of thiophene rings is 1. The lowest BCUT2D eigenvalue weighted by Gasteiger charge is -2.07. The summed E-state index contributed by atoms with van der Waals surface area (Å²) >= 11 is 1.59. The standard InChI is InChI=1S/C18H20N6OS/c1-13-12-14(2)24(23-13)17-7-6-16(21-22-17)19-9-10-20-18(25)8-5-15-4-3-11-26-15/h3-8,11-12H,9-10H2,1-2H3,(H,19,21)(H,20,25)/b8-5+. The van der Waals surface area contributed by atoms with Crippen LogP contribution in [0.1, 0.15) is 16.3 Å². The molecule has 0 saturated heterocycles. The second kappa shape index (κ2) is 8.39. The van der Waals surface area contributed by atoms with Crippen LogP contribution in [-0.4, -0.2) is 39.0 Å². The third kappa shape index (κ3) is 4.76. The normalized spacial score (nSPS) is 11.0. The molecular formula is C18H20N6OS. The summed E-state index contributed by atoms with van der Waals surface area (Å²) in [5.41, 5.74) is 1.95. The van der Waals surface area contributed by atoms with Crippen molar-refractivity contribution < 1.29 is 4.79 Å². The van der Waals surface area contributed by atoms with E-state index in [0.29, 0.717) is 24.7 Å². The molecule has 0 aromatic carbocycles. The molecule has 3 heterocycles. The van der Waals surface area contributed by atoms with Crippen LogP contribution in [0.15, 0.2) is 41.8 Å². The number of aryl methyl sites for hydroxylation is 2. The zero-order valence-electron chi connectivity index (χ0n) is 14.6. The van der Waals surface area contributed by atoms with Crippen molar-refractivity contribution in [1.29, 1.82) is 0 Å². The van der Waals surface area contributed by atoms with Gasteiger partial charge in [0.15, 0.2) is 5.82 Å². The maximum Gasteiger partial charge on any atom is 0.244 e. The highest BCUT2D eigenvalue weighted by Gasteiger charge is 2.05. The molecule has 2 N–H and O–H groups in total. The van der Waals surface area contributed by atoms with Crippen molar-refractivity contribution in [3.63, 3.8) is 0 Å². The summed E-state index contributed by atoms with van der Waals surface area (Å²) in [5.74, 6) is 1.21. The molecule has 3 aromatic rings. The highest BCUT2D eigenvalue weighted by atomic mass is 32.1. The zero-order chi connectivity index (χ0) is 18.4. The number of hydrogen-bond acceptors (Lipinski definition) is 6. The molecule has 0 unspecified atom stereocenters. The van der Waals surface area contributed by atoms with Crippen molar-refractivity contribution in [2.45, 2.75) is 13.8 Å². The number of rotatable bonds is 7. The van der Waals surface area contributed by atoms with E-state index >= 15 is 0 Å². The molecule has 26 heavy (non-hydrogen) atoms. The van der Waals surface area contributed by atoms with Crippen LogP contribution in [0.2, 0.25) is 0 Å². The lowest BCUT2D eigenvalue weighted by molar-refractivity contribution is -0.116. The van der Waals surface area contributed by atoms with Crippen LogP contribution < -0.4 is 10.6 Å². The molecule has 0 aliphatic rings. The fraction of sp³-hybridized carbons (Fsp3) is 0.222. The largest absolute Gasteiger partial charge is 0.367 e. The fourth-order valence-corrected chi connectivity index (χ4v) is 2.99. The molecule has 1 amide bonds. The molecule has 0 spiro atoms. The number of hydrogen-bond donors (Lipinski definition) is 2. The van der Waals surface area contributed by atoms with Gasteiger partial charge in [0.2, 0.25) is 5.91 Å².